The van der Waals surface area contributed by atoms with Crippen molar-refractivity contribution in [1.29, 1.82) is 0 Å². The predicted molar refractivity (Wildman–Crippen MR) is 146 cm³/mol. The minimum atomic E-state index is -0.496. The van der Waals surface area contributed by atoms with E-state index in [-0.39, 0.29) is 36.6 Å². The van der Waals surface area contributed by atoms with Crippen molar-refractivity contribution in [3.8, 4) is 0 Å². The lowest BCUT2D eigenvalue weighted by molar-refractivity contribution is -0.136. The summed E-state index contributed by atoms with van der Waals surface area (Å²) in [6, 6.07) is 6.23. The third-order valence-electron chi connectivity index (χ3n) is 7.07. The number of rotatable bonds is 6. The fraction of sp³-hybridized carbons (Fsp3) is 0.444. The number of pyridine rings is 1. The second-order valence-electron chi connectivity index (χ2n) is 9.73. The minimum absolute atomic E-state index is 0.0398. The highest BCUT2D eigenvalue weighted by molar-refractivity contribution is 7.13. The SMILES string of the molecule is COCC(=O)N1CC[C@H](NC(=O)c2cc3ccc(Cl)cc3cn2)[C@H](NC(=O)c2nc3c(s2)CCCCC3)C1. The first-order valence-corrected chi connectivity index (χ1v) is 14.0. The molecule has 1 aromatic carbocycles. The molecule has 200 valence electrons. The second-order valence-corrected chi connectivity index (χ2v) is 11.3. The number of fused-ring (bicyclic) bond motifs is 2. The number of carbonyl (C=O) groups excluding carboxylic acids is 3. The summed E-state index contributed by atoms with van der Waals surface area (Å²) in [5.41, 5.74) is 1.29. The molecule has 11 heteroatoms. The van der Waals surface area contributed by atoms with Crippen molar-refractivity contribution >= 4 is 51.4 Å². The van der Waals surface area contributed by atoms with Gasteiger partial charge in [-0.15, -0.1) is 11.3 Å². The van der Waals surface area contributed by atoms with Crippen LogP contribution in [0.2, 0.25) is 5.02 Å². The zero-order valence-corrected chi connectivity index (χ0v) is 22.7. The molecule has 1 aliphatic heterocycles. The Kier molecular flexibility index (Phi) is 8.21. The largest absolute Gasteiger partial charge is 0.375 e. The molecule has 9 nitrogen and oxygen atoms in total. The highest BCUT2D eigenvalue weighted by Gasteiger charge is 2.34. The summed E-state index contributed by atoms with van der Waals surface area (Å²) < 4.78 is 5.02. The van der Waals surface area contributed by atoms with Crippen LogP contribution in [0.25, 0.3) is 10.8 Å². The monoisotopic (exact) mass is 555 g/mol. The molecule has 0 saturated carbocycles. The molecule has 1 saturated heterocycles. The number of carbonyl (C=O) groups is 3. The summed E-state index contributed by atoms with van der Waals surface area (Å²) in [5, 5.41) is 8.81. The van der Waals surface area contributed by atoms with Gasteiger partial charge in [-0.05, 0) is 55.7 Å². The van der Waals surface area contributed by atoms with Crippen molar-refractivity contribution in [2.45, 2.75) is 50.6 Å². The third-order valence-corrected chi connectivity index (χ3v) is 8.46. The fourth-order valence-electron chi connectivity index (χ4n) is 5.05. The number of halogens is 1. The summed E-state index contributed by atoms with van der Waals surface area (Å²) >= 11 is 7.51. The van der Waals surface area contributed by atoms with Gasteiger partial charge in [0.05, 0.1) is 17.8 Å². The molecule has 3 heterocycles. The van der Waals surface area contributed by atoms with Crippen molar-refractivity contribution in [3.63, 3.8) is 0 Å². The number of ether oxygens (including phenoxy) is 1. The van der Waals surface area contributed by atoms with Gasteiger partial charge in [0.15, 0.2) is 5.01 Å². The molecule has 3 amide bonds. The van der Waals surface area contributed by atoms with Crippen LogP contribution in [0.1, 0.15) is 56.5 Å². The lowest BCUT2D eigenvalue weighted by atomic mass is 9.98. The summed E-state index contributed by atoms with van der Waals surface area (Å²) in [6.07, 6.45) is 7.31. The maximum Gasteiger partial charge on any atom is 0.280 e. The van der Waals surface area contributed by atoms with Crippen LogP contribution in [-0.2, 0) is 22.4 Å². The number of hydrogen-bond donors (Lipinski definition) is 2. The van der Waals surface area contributed by atoms with Gasteiger partial charge in [0, 0.05) is 41.7 Å². The van der Waals surface area contributed by atoms with Gasteiger partial charge in [-0.25, -0.2) is 4.98 Å². The fourth-order valence-corrected chi connectivity index (χ4v) is 6.28. The lowest BCUT2D eigenvalue weighted by Gasteiger charge is -2.39. The van der Waals surface area contributed by atoms with Gasteiger partial charge in [-0.3, -0.25) is 19.4 Å². The summed E-state index contributed by atoms with van der Waals surface area (Å²) in [6.45, 7) is 0.657. The standard InChI is InChI=1S/C27H30ClN5O4S/c1-37-15-24(34)33-10-9-19(30-25(35)21-12-16-7-8-18(28)11-17(16)13-29-21)22(14-33)31-26(36)27-32-20-5-3-2-4-6-23(20)38-27/h7-8,11-13,19,22H,2-6,9-10,14-15H2,1H3,(H,30,35)(H,31,36)/t19-,22+/m0/s1. The normalized spacial score (nSPS) is 19.5. The Bertz CT molecular complexity index is 1340. The van der Waals surface area contributed by atoms with Crippen molar-refractivity contribution in [1.82, 2.24) is 25.5 Å². The molecule has 2 aromatic heterocycles. The average molecular weight is 556 g/mol. The number of aromatic nitrogens is 2. The molecule has 2 atom stereocenters. The Morgan fingerprint density at radius 3 is 2.74 bits per heavy atom. The Labute approximate surface area is 229 Å². The van der Waals surface area contributed by atoms with Gasteiger partial charge in [0.2, 0.25) is 5.91 Å². The zero-order chi connectivity index (χ0) is 26.6. The maximum atomic E-state index is 13.3. The molecule has 0 unspecified atom stereocenters. The number of methoxy groups -OCH3 is 1. The Hall–Kier alpha value is -3.08. The van der Waals surface area contributed by atoms with E-state index < -0.39 is 12.1 Å². The molecule has 38 heavy (non-hydrogen) atoms. The molecular formula is C27H30ClN5O4S. The molecule has 1 aliphatic carbocycles. The first-order chi connectivity index (χ1) is 18.4. The second kappa shape index (κ2) is 11.8. The highest BCUT2D eigenvalue weighted by Crippen LogP contribution is 2.26. The van der Waals surface area contributed by atoms with Gasteiger partial charge in [-0.1, -0.05) is 24.1 Å². The smallest absolute Gasteiger partial charge is 0.280 e. The van der Waals surface area contributed by atoms with E-state index in [0.717, 1.165) is 42.1 Å². The first kappa shape index (κ1) is 26.5. The average Bonchev–Trinajstić information content (AvgIpc) is 3.19. The van der Waals surface area contributed by atoms with E-state index in [1.807, 2.05) is 6.07 Å². The molecule has 1 fully saturated rings. The number of piperidine rings is 1. The maximum absolute atomic E-state index is 13.3. The van der Waals surface area contributed by atoms with Crippen LogP contribution < -0.4 is 10.6 Å². The molecule has 0 bridgehead atoms. The van der Waals surface area contributed by atoms with Crippen LogP contribution in [0.3, 0.4) is 0 Å². The number of aryl methyl sites for hydroxylation is 2. The number of nitrogens with zero attached hydrogens (tertiary/aromatic N) is 3. The van der Waals surface area contributed by atoms with E-state index in [1.165, 1.54) is 29.7 Å². The van der Waals surface area contributed by atoms with Gasteiger partial charge < -0.3 is 20.3 Å². The summed E-state index contributed by atoms with van der Waals surface area (Å²) in [5.74, 6) is -0.787. The zero-order valence-electron chi connectivity index (χ0n) is 21.2. The van der Waals surface area contributed by atoms with Crippen molar-refractivity contribution in [2.24, 2.45) is 0 Å². The van der Waals surface area contributed by atoms with Crippen LogP contribution in [0, 0.1) is 0 Å². The molecular weight excluding hydrogens is 526 g/mol. The van der Waals surface area contributed by atoms with Crippen LogP contribution in [0.4, 0.5) is 0 Å². The Morgan fingerprint density at radius 1 is 1.08 bits per heavy atom. The van der Waals surface area contributed by atoms with Crippen molar-refractivity contribution in [3.05, 3.63) is 56.8 Å². The first-order valence-electron chi connectivity index (χ1n) is 12.8. The van der Waals surface area contributed by atoms with E-state index >= 15 is 0 Å². The molecule has 5 rings (SSSR count). The quantitative estimate of drug-likeness (QED) is 0.451. The molecule has 0 radical (unpaired) electrons. The van der Waals surface area contributed by atoms with Gasteiger partial charge in [0.25, 0.3) is 11.8 Å². The molecule has 3 aromatic rings. The number of likely N-dealkylation sites (tertiary alicyclic amines) is 1. The van der Waals surface area contributed by atoms with E-state index in [0.29, 0.717) is 23.0 Å². The lowest BCUT2D eigenvalue weighted by Crippen LogP contribution is -2.61. The van der Waals surface area contributed by atoms with E-state index in [4.69, 9.17) is 16.3 Å². The number of amides is 3. The third kappa shape index (κ3) is 5.98. The van der Waals surface area contributed by atoms with Crippen molar-refractivity contribution < 1.29 is 19.1 Å². The van der Waals surface area contributed by atoms with E-state index in [2.05, 4.69) is 20.6 Å². The molecule has 0 spiro atoms. The van der Waals surface area contributed by atoms with E-state index in [9.17, 15) is 14.4 Å². The number of benzene rings is 1. The minimum Gasteiger partial charge on any atom is -0.375 e. The Morgan fingerprint density at radius 2 is 1.89 bits per heavy atom. The topological polar surface area (TPSA) is 114 Å². The number of nitrogens with one attached hydrogen (secondary N) is 2. The van der Waals surface area contributed by atoms with Gasteiger partial charge in [-0.2, -0.15) is 0 Å². The van der Waals surface area contributed by atoms with Gasteiger partial charge >= 0.3 is 0 Å². The highest BCUT2D eigenvalue weighted by atomic mass is 35.5. The van der Waals surface area contributed by atoms with Gasteiger partial charge in [0.1, 0.15) is 12.3 Å². The number of thiazole rings is 1. The Balaban J connectivity index is 1.33. The predicted octanol–water partition coefficient (Wildman–Crippen LogP) is 3.39. The summed E-state index contributed by atoms with van der Waals surface area (Å²) in [4.78, 5) is 50.8. The molecule has 2 N–H and O–H groups in total. The van der Waals surface area contributed by atoms with E-state index in [1.54, 1.807) is 29.3 Å². The summed E-state index contributed by atoms with van der Waals surface area (Å²) in [7, 11) is 1.47. The van der Waals surface area contributed by atoms with Crippen LogP contribution in [-0.4, -0.2) is 71.5 Å². The van der Waals surface area contributed by atoms with Crippen LogP contribution >= 0.6 is 22.9 Å². The van der Waals surface area contributed by atoms with Crippen LogP contribution in [0.5, 0.6) is 0 Å². The number of hydrogen-bond acceptors (Lipinski definition) is 7. The molecule has 2 aliphatic rings. The van der Waals surface area contributed by atoms with Crippen LogP contribution in [0.15, 0.2) is 30.5 Å². The van der Waals surface area contributed by atoms with Crippen molar-refractivity contribution in [2.75, 3.05) is 26.8 Å².